The molecule has 92 valence electrons. The van der Waals surface area contributed by atoms with Crippen molar-refractivity contribution in [2.24, 2.45) is 0 Å². The smallest absolute Gasteiger partial charge is 0.134 e. The lowest BCUT2D eigenvalue weighted by Gasteiger charge is -2.10. The molecule has 0 saturated heterocycles. The molecule has 0 radical (unpaired) electrons. The summed E-state index contributed by atoms with van der Waals surface area (Å²) in [6.07, 6.45) is 0. The molecule has 0 bridgehead atoms. The van der Waals surface area contributed by atoms with Crippen molar-refractivity contribution >= 4 is 33.9 Å². The summed E-state index contributed by atoms with van der Waals surface area (Å²) in [6.45, 7) is 0. The molecule has 0 aliphatic heterocycles. The van der Waals surface area contributed by atoms with Crippen LogP contribution in [0.5, 0.6) is 0 Å². The van der Waals surface area contributed by atoms with Crippen LogP contribution < -0.4 is 5.32 Å². The molecule has 2 aromatic heterocycles. The third-order valence-corrected chi connectivity index (χ3v) is 4.07. The largest absolute Gasteiger partial charge is 0.459 e. The topological polar surface area (TPSA) is 25.2 Å². The average molecular weight is 278 g/mol. The summed E-state index contributed by atoms with van der Waals surface area (Å²) in [4.78, 5) is 1.24. The molecular formula is C14H12ClNOS. The van der Waals surface area contributed by atoms with Gasteiger partial charge in [0.1, 0.15) is 17.4 Å². The van der Waals surface area contributed by atoms with E-state index in [1.165, 1.54) is 4.88 Å². The highest BCUT2D eigenvalue weighted by atomic mass is 35.5. The van der Waals surface area contributed by atoms with Gasteiger partial charge in [-0.15, -0.1) is 11.3 Å². The lowest BCUT2D eigenvalue weighted by atomic mass is 10.1. The molecule has 1 atom stereocenters. The van der Waals surface area contributed by atoms with E-state index in [2.05, 4.69) is 16.8 Å². The maximum absolute atomic E-state index is 5.99. The summed E-state index contributed by atoms with van der Waals surface area (Å²) in [7, 11) is 1.94. The Labute approximate surface area is 114 Å². The average Bonchev–Trinajstić information content (AvgIpc) is 2.98. The van der Waals surface area contributed by atoms with E-state index < -0.39 is 0 Å². The highest BCUT2D eigenvalue weighted by Crippen LogP contribution is 2.31. The Balaban J connectivity index is 2.07. The zero-order valence-corrected chi connectivity index (χ0v) is 11.4. The fraction of sp³-hybridized carbons (Fsp3) is 0.143. The number of thiophene rings is 1. The summed E-state index contributed by atoms with van der Waals surface area (Å²) in [5.41, 5.74) is 0.867. The minimum Gasteiger partial charge on any atom is -0.459 e. The van der Waals surface area contributed by atoms with Gasteiger partial charge in [-0.3, -0.25) is 0 Å². The molecule has 18 heavy (non-hydrogen) atoms. The van der Waals surface area contributed by atoms with Gasteiger partial charge in [0.15, 0.2) is 0 Å². The Morgan fingerprint density at radius 1 is 1.28 bits per heavy atom. The fourth-order valence-electron chi connectivity index (χ4n) is 2.06. The molecule has 3 rings (SSSR count). The normalized spacial score (nSPS) is 13.0. The van der Waals surface area contributed by atoms with Gasteiger partial charge in [0, 0.05) is 15.3 Å². The van der Waals surface area contributed by atoms with E-state index in [9.17, 15) is 0 Å². The molecule has 1 aromatic carbocycles. The third-order valence-electron chi connectivity index (χ3n) is 2.90. The molecule has 0 spiro atoms. The molecule has 1 unspecified atom stereocenters. The Morgan fingerprint density at radius 2 is 2.17 bits per heavy atom. The fourth-order valence-corrected chi connectivity index (χ4v) is 3.08. The number of halogens is 1. The first-order valence-electron chi connectivity index (χ1n) is 5.67. The monoisotopic (exact) mass is 277 g/mol. The minimum atomic E-state index is 0.0937. The predicted octanol–water partition coefficient (Wildman–Crippen LogP) is 4.46. The van der Waals surface area contributed by atoms with Crippen LogP contribution in [0.1, 0.15) is 16.7 Å². The maximum atomic E-state index is 5.99. The zero-order chi connectivity index (χ0) is 12.5. The molecule has 0 saturated carbocycles. The SMILES string of the molecule is CNC(c1cc2cc(Cl)ccc2o1)c1cccs1. The number of nitrogens with one attached hydrogen (secondary N) is 1. The lowest BCUT2D eigenvalue weighted by molar-refractivity contribution is 0.495. The van der Waals surface area contributed by atoms with Crippen LogP contribution in [0.15, 0.2) is 46.2 Å². The first-order chi connectivity index (χ1) is 8.78. The van der Waals surface area contributed by atoms with Crippen molar-refractivity contribution in [1.29, 1.82) is 0 Å². The molecule has 2 nitrogen and oxygen atoms in total. The number of benzene rings is 1. The van der Waals surface area contributed by atoms with E-state index in [4.69, 9.17) is 16.0 Å². The number of hydrogen-bond donors (Lipinski definition) is 1. The summed E-state index contributed by atoms with van der Waals surface area (Å²) >= 11 is 7.70. The van der Waals surface area contributed by atoms with E-state index in [1.54, 1.807) is 11.3 Å². The Bertz CT molecular complexity index is 660. The van der Waals surface area contributed by atoms with Crippen molar-refractivity contribution < 1.29 is 4.42 Å². The van der Waals surface area contributed by atoms with Crippen molar-refractivity contribution in [3.05, 3.63) is 57.4 Å². The molecule has 2 heterocycles. The predicted molar refractivity (Wildman–Crippen MR) is 76.4 cm³/mol. The summed E-state index contributed by atoms with van der Waals surface area (Å²) in [5, 5.41) is 7.11. The van der Waals surface area contributed by atoms with Crippen LogP contribution in [0.2, 0.25) is 5.02 Å². The second-order valence-electron chi connectivity index (χ2n) is 4.07. The second-order valence-corrected chi connectivity index (χ2v) is 5.48. The van der Waals surface area contributed by atoms with Gasteiger partial charge in [0.25, 0.3) is 0 Å². The van der Waals surface area contributed by atoms with Gasteiger partial charge in [-0.1, -0.05) is 17.7 Å². The highest BCUT2D eigenvalue weighted by molar-refractivity contribution is 7.10. The van der Waals surface area contributed by atoms with Crippen molar-refractivity contribution in [3.63, 3.8) is 0 Å². The molecule has 0 amide bonds. The standard InChI is InChI=1S/C14H12ClNOS/c1-16-14(13-3-2-6-18-13)12-8-9-7-10(15)4-5-11(9)17-12/h2-8,14,16H,1H3. The number of fused-ring (bicyclic) bond motifs is 1. The number of furan rings is 1. The van der Waals surface area contributed by atoms with Gasteiger partial charge in [0.2, 0.25) is 0 Å². The summed E-state index contributed by atoms with van der Waals surface area (Å²) < 4.78 is 5.89. The number of rotatable bonds is 3. The number of hydrogen-bond acceptors (Lipinski definition) is 3. The minimum absolute atomic E-state index is 0.0937. The molecular weight excluding hydrogens is 266 g/mol. The van der Waals surface area contributed by atoms with E-state index in [0.29, 0.717) is 0 Å². The van der Waals surface area contributed by atoms with Gasteiger partial charge in [-0.25, -0.2) is 0 Å². The van der Waals surface area contributed by atoms with Crippen molar-refractivity contribution in [3.8, 4) is 0 Å². The van der Waals surface area contributed by atoms with Gasteiger partial charge >= 0.3 is 0 Å². The van der Waals surface area contributed by atoms with Crippen LogP contribution in [0, 0.1) is 0 Å². The van der Waals surface area contributed by atoms with Crippen molar-refractivity contribution in [2.75, 3.05) is 7.05 Å². The Kier molecular flexibility index (Phi) is 3.12. The Morgan fingerprint density at radius 3 is 2.89 bits per heavy atom. The highest BCUT2D eigenvalue weighted by Gasteiger charge is 2.17. The third kappa shape index (κ3) is 2.05. The zero-order valence-electron chi connectivity index (χ0n) is 9.81. The van der Waals surface area contributed by atoms with Crippen LogP contribution >= 0.6 is 22.9 Å². The molecule has 0 fully saturated rings. The van der Waals surface area contributed by atoms with Gasteiger partial charge in [-0.2, -0.15) is 0 Å². The van der Waals surface area contributed by atoms with Crippen molar-refractivity contribution in [1.82, 2.24) is 5.32 Å². The van der Waals surface area contributed by atoms with Crippen LogP contribution in [0.4, 0.5) is 0 Å². The molecule has 3 aromatic rings. The van der Waals surface area contributed by atoms with E-state index in [1.807, 2.05) is 37.4 Å². The van der Waals surface area contributed by atoms with E-state index >= 15 is 0 Å². The molecule has 0 aliphatic rings. The Hall–Kier alpha value is -1.29. The first-order valence-corrected chi connectivity index (χ1v) is 6.93. The first kappa shape index (κ1) is 11.8. The van der Waals surface area contributed by atoms with Gasteiger partial charge < -0.3 is 9.73 Å². The van der Waals surface area contributed by atoms with Crippen LogP contribution in [-0.2, 0) is 0 Å². The lowest BCUT2D eigenvalue weighted by Crippen LogP contribution is -2.15. The van der Waals surface area contributed by atoms with Crippen molar-refractivity contribution in [2.45, 2.75) is 6.04 Å². The van der Waals surface area contributed by atoms with Crippen LogP contribution in [0.3, 0.4) is 0 Å². The van der Waals surface area contributed by atoms with Crippen LogP contribution in [-0.4, -0.2) is 7.05 Å². The second kappa shape index (κ2) is 4.76. The van der Waals surface area contributed by atoms with Crippen LogP contribution in [0.25, 0.3) is 11.0 Å². The quantitative estimate of drug-likeness (QED) is 0.765. The van der Waals surface area contributed by atoms with Gasteiger partial charge in [0.05, 0.1) is 0 Å². The van der Waals surface area contributed by atoms with Gasteiger partial charge in [-0.05, 0) is 42.8 Å². The summed E-state index contributed by atoms with van der Waals surface area (Å²) in [6, 6.07) is 12.0. The molecule has 4 heteroatoms. The molecule has 0 aliphatic carbocycles. The van der Waals surface area contributed by atoms with E-state index in [0.717, 1.165) is 21.8 Å². The maximum Gasteiger partial charge on any atom is 0.134 e. The van der Waals surface area contributed by atoms with E-state index in [-0.39, 0.29) is 6.04 Å². The molecule has 1 N–H and O–H groups in total. The summed E-state index contributed by atoms with van der Waals surface area (Å²) in [5.74, 6) is 0.914.